The number of hydrogen-bond donors (Lipinski definition) is 1. The molecule has 0 radical (unpaired) electrons. The second-order valence-corrected chi connectivity index (χ2v) is 4.51. The van der Waals surface area contributed by atoms with Crippen LogP contribution in [0.3, 0.4) is 0 Å². The van der Waals surface area contributed by atoms with Crippen molar-refractivity contribution in [2.24, 2.45) is 5.73 Å². The van der Waals surface area contributed by atoms with Crippen molar-refractivity contribution in [3.63, 3.8) is 0 Å². The van der Waals surface area contributed by atoms with Crippen LogP contribution in [-0.2, 0) is 13.1 Å². The van der Waals surface area contributed by atoms with Gasteiger partial charge in [0, 0.05) is 19.0 Å². The van der Waals surface area contributed by atoms with Gasteiger partial charge >= 0.3 is 0 Å². The van der Waals surface area contributed by atoms with Crippen LogP contribution in [0.5, 0.6) is 0 Å². The van der Waals surface area contributed by atoms with E-state index in [1.165, 1.54) is 11.3 Å². The average Bonchev–Trinajstić information content (AvgIpc) is 2.98. The molecule has 0 aliphatic rings. The zero-order valence-electron chi connectivity index (χ0n) is 9.42. The van der Waals surface area contributed by atoms with Gasteiger partial charge in [0.2, 0.25) is 0 Å². The summed E-state index contributed by atoms with van der Waals surface area (Å²) in [4.78, 5) is 17.7. The normalized spacial score (nSPS) is 10.5. The molecule has 2 rings (SSSR count). The van der Waals surface area contributed by atoms with Crippen molar-refractivity contribution in [3.8, 4) is 0 Å². The second-order valence-electron chi connectivity index (χ2n) is 3.57. The average molecular weight is 251 g/mol. The predicted molar refractivity (Wildman–Crippen MR) is 64.5 cm³/mol. The lowest BCUT2D eigenvalue weighted by Gasteiger charge is -2.13. The zero-order valence-corrected chi connectivity index (χ0v) is 10.2. The smallest absolute Gasteiger partial charge is 0.273 e. The van der Waals surface area contributed by atoms with Crippen molar-refractivity contribution >= 4 is 17.2 Å². The first-order valence-corrected chi connectivity index (χ1v) is 6.01. The molecule has 0 aromatic carbocycles. The minimum atomic E-state index is -0.127. The summed E-state index contributed by atoms with van der Waals surface area (Å²) in [6.45, 7) is 0.793. The number of thiazole rings is 1. The van der Waals surface area contributed by atoms with Crippen molar-refractivity contribution in [3.05, 3.63) is 40.2 Å². The van der Waals surface area contributed by atoms with E-state index in [2.05, 4.69) is 4.98 Å². The number of nitrogens with two attached hydrogens (primary N) is 1. The molecule has 2 N–H and O–H groups in total. The zero-order chi connectivity index (χ0) is 12.3. The molecule has 17 heavy (non-hydrogen) atoms. The fourth-order valence-corrected chi connectivity index (χ4v) is 2.05. The third-order valence-electron chi connectivity index (χ3n) is 2.27. The highest BCUT2D eigenvalue weighted by Gasteiger charge is 2.16. The summed E-state index contributed by atoms with van der Waals surface area (Å²) in [7, 11) is 1.71. The molecular formula is C11H13N3O2S. The maximum Gasteiger partial charge on any atom is 0.273 e. The number of hydrogen-bond acceptors (Lipinski definition) is 5. The Morgan fingerprint density at radius 3 is 3.06 bits per heavy atom. The van der Waals surface area contributed by atoms with Crippen LogP contribution in [0.4, 0.5) is 0 Å². The monoisotopic (exact) mass is 251 g/mol. The number of aromatic nitrogens is 1. The van der Waals surface area contributed by atoms with Crippen LogP contribution in [0.25, 0.3) is 0 Å². The van der Waals surface area contributed by atoms with Crippen molar-refractivity contribution in [2.45, 2.75) is 13.1 Å². The summed E-state index contributed by atoms with van der Waals surface area (Å²) in [6.07, 6.45) is 1.59. The molecule has 0 fully saturated rings. The quantitative estimate of drug-likeness (QED) is 0.893. The van der Waals surface area contributed by atoms with Gasteiger partial charge in [-0.3, -0.25) is 4.79 Å². The van der Waals surface area contributed by atoms with E-state index in [0.29, 0.717) is 18.8 Å². The largest absolute Gasteiger partial charge is 0.467 e. The van der Waals surface area contributed by atoms with Gasteiger partial charge in [-0.25, -0.2) is 4.98 Å². The molecule has 0 spiro atoms. The van der Waals surface area contributed by atoms with Crippen molar-refractivity contribution in [2.75, 3.05) is 7.05 Å². The standard InChI is InChI=1S/C11H13N3O2S/c1-14(6-8-3-2-4-16-8)11(15)9-7-17-10(5-12)13-9/h2-4,7H,5-6,12H2,1H3. The highest BCUT2D eigenvalue weighted by atomic mass is 32.1. The Hall–Kier alpha value is -1.66. The summed E-state index contributed by atoms with van der Waals surface area (Å²) >= 11 is 1.40. The van der Waals surface area contributed by atoms with Gasteiger partial charge in [-0.05, 0) is 12.1 Å². The van der Waals surface area contributed by atoms with Crippen molar-refractivity contribution in [1.29, 1.82) is 0 Å². The van der Waals surface area contributed by atoms with Gasteiger partial charge in [0.15, 0.2) is 0 Å². The lowest BCUT2D eigenvalue weighted by Crippen LogP contribution is -2.26. The van der Waals surface area contributed by atoms with Crippen LogP contribution < -0.4 is 5.73 Å². The first kappa shape index (κ1) is 11.8. The fraction of sp³-hybridized carbons (Fsp3) is 0.273. The van der Waals surface area contributed by atoms with Crippen LogP contribution in [0.2, 0.25) is 0 Å². The van der Waals surface area contributed by atoms with Gasteiger partial charge in [-0.2, -0.15) is 0 Å². The number of nitrogens with zero attached hydrogens (tertiary/aromatic N) is 2. The van der Waals surface area contributed by atoms with Crippen LogP contribution in [0.15, 0.2) is 28.2 Å². The molecular weight excluding hydrogens is 238 g/mol. The Labute approximate surface area is 103 Å². The van der Waals surface area contributed by atoms with Crippen LogP contribution in [0, 0.1) is 0 Å². The highest BCUT2D eigenvalue weighted by molar-refractivity contribution is 7.09. The van der Waals surface area contributed by atoms with E-state index >= 15 is 0 Å². The summed E-state index contributed by atoms with van der Waals surface area (Å²) < 4.78 is 5.18. The first-order valence-electron chi connectivity index (χ1n) is 5.13. The molecule has 2 aromatic heterocycles. The Morgan fingerprint density at radius 1 is 1.65 bits per heavy atom. The highest BCUT2D eigenvalue weighted by Crippen LogP contribution is 2.12. The van der Waals surface area contributed by atoms with Crippen molar-refractivity contribution < 1.29 is 9.21 Å². The Morgan fingerprint density at radius 2 is 2.47 bits per heavy atom. The molecule has 2 heterocycles. The Kier molecular flexibility index (Phi) is 3.55. The summed E-state index contributed by atoms with van der Waals surface area (Å²) in [5, 5.41) is 2.49. The molecule has 5 nitrogen and oxygen atoms in total. The molecule has 0 bridgehead atoms. The molecule has 0 atom stereocenters. The third-order valence-corrected chi connectivity index (χ3v) is 3.14. The van der Waals surface area contributed by atoms with E-state index in [0.717, 1.165) is 10.8 Å². The first-order chi connectivity index (χ1) is 8.20. The molecule has 0 saturated heterocycles. The summed E-state index contributed by atoms with van der Waals surface area (Å²) in [5.74, 6) is 0.618. The van der Waals surface area contributed by atoms with Gasteiger partial charge in [-0.15, -0.1) is 11.3 Å². The van der Waals surface area contributed by atoms with E-state index in [4.69, 9.17) is 10.2 Å². The molecule has 0 aliphatic carbocycles. The number of amides is 1. The number of carbonyl (C=O) groups excluding carboxylic acids is 1. The van der Waals surface area contributed by atoms with Crippen molar-refractivity contribution in [1.82, 2.24) is 9.88 Å². The number of furan rings is 1. The van der Waals surface area contributed by atoms with E-state index in [-0.39, 0.29) is 5.91 Å². The molecule has 90 valence electrons. The minimum Gasteiger partial charge on any atom is -0.467 e. The lowest BCUT2D eigenvalue weighted by molar-refractivity contribution is 0.0770. The van der Waals surface area contributed by atoms with Gasteiger partial charge in [0.25, 0.3) is 5.91 Å². The van der Waals surface area contributed by atoms with Gasteiger partial charge in [-0.1, -0.05) is 0 Å². The van der Waals surface area contributed by atoms with E-state index in [1.54, 1.807) is 29.7 Å². The minimum absolute atomic E-state index is 0.127. The molecule has 1 amide bonds. The van der Waals surface area contributed by atoms with E-state index in [1.807, 2.05) is 6.07 Å². The van der Waals surface area contributed by atoms with Crippen LogP contribution in [0.1, 0.15) is 21.3 Å². The predicted octanol–water partition coefficient (Wildman–Crippen LogP) is 1.47. The van der Waals surface area contributed by atoms with Gasteiger partial charge in [0.1, 0.15) is 16.5 Å². The molecule has 0 aliphatic heterocycles. The maximum absolute atomic E-state index is 12.0. The maximum atomic E-state index is 12.0. The third kappa shape index (κ3) is 2.72. The topological polar surface area (TPSA) is 72.4 Å². The Balaban J connectivity index is 2.04. The summed E-state index contributed by atoms with van der Waals surface area (Å²) in [6, 6.07) is 3.62. The SMILES string of the molecule is CN(Cc1ccco1)C(=O)c1csc(CN)n1. The van der Waals surface area contributed by atoms with E-state index in [9.17, 15) is 4.79 Å². The molecule has 6 heteroatoms. The summed E-state index contributed by atoms with van der Waals surface area (Å²) in [5.41, 5.74) is 5.89. The molecule has 2 aromatic rings. The second kappa shape index (κ2) is 5.11. The van der Waals surface area contributed by atoms with E-state index < -0.39 is 0 Å². The number of carbonyl (C=O) groups is 1. The van der Waals surface area contributed by atoms with Gasteiger partial charge in [0.05, 0.1) is 12.8 Å². The van der Waals surface area contributed by atoms with Crippen LogP contribution >= 0.6 is 11.3 Å². The fourth-order valence-electron chi connectivity index (χ4n) is 1.41. The van der Waals surface area contributed by atoms with Crippen LogP contribution in [-0.4, -0.2) is 22.8 Å². The lowest BCUT2D eigenvalue weighted by atomic mass is 10.3. The number of rotatable bonds is 4. The van der Waals surface area contributed by atoms with Gasteiger partial charge < -0.3 is 15.1 Å². The molecule has 0 saturated carbocycles. The molecule has 0 unspecified atom stereocenters. The Bertz CT molecular complexity index is 493.